The number of methoxy groups -OCH3 is 1. The lowest BCUT2D eigenvalue weighted by atomic mass is 10.2. The highest BCUT2D eigenvalue weighted by atomic mass is 35.5. The number of aromatic nitrogens is 2. The van der Waals surface area contributed by atoms with E-state index in [1.807, 2.05) is 6.07 Å². The highest BCUT2D eigenvalue weighted by Gasteiger charge is 2.14. The highest BCUT2D eigenvalue weighted by Crippen LogP contribution is 2.27. The van der Waals surface area contributed by atoms with Crippen LogP contribution in [0.5, 0.6) is 11.5 Å². The first-order valence-corrected chi connectivity index (χ1v) is 7.66. The molecule has 0 aliphatic carbocycles. The maximum atomic E-state index is 11.7. The van der Waals surface area contributed by atoms with Gasteiger partial charge in [-0.3, -0.25) is 9.59 Å². The Balaban J connectivity index is 0.00000364. The van der Waals surface area contributed by atoms with Gasteiger partial charge in [-0.1, -0.05) is 6.07 Å². The number of benzene rings is 1. The van der Waals surface area contributed by atoms with E-state index in [0.717, 1.165) is 5.56 Å². The number of hydrogen-bond acceptors (Lipinski definition) is 9. The van der Waals surface area contributed by atoms with Gasteiger partial charge < -0.3 is 31.6 Å². The van der Waals surface area contributed by atoms with Gasteiger partial charge in [0, 0.05) is 19.6 Å². The zero-order valence-electron chi connectivity index (χ0n) is 14.6. The van der Waals surface area contributed by atoms with E-state index in [2.05, 4.69) is 25.6 Å². The molecule has 0 unspecified atom stereocenters. The lowest BCUT2D eigenvalue weighted by molar-refractivity contribution is -0.119. The molecule has 0 radical (unpaired) electrons. The number of ether oxygens (including phenoxy) is 2. The molecule has 0 aliphatic rings. The first-order valence-electron chi connectivity index (χ1n) is 7.66. The SMILES string of the molecule is COc1cc(CNCCNC(=O)c2nonc2N)ccc1OCC(N)=O.Cl. The van der Waals surface area contributed by atoms with Crippen LogP contribution in [0.1, 0.15) is 16.1 Å². The van der Waals surface area contributed by atoms with E-state index < -0.39 is 11.8 Å². The molecule has 2 aromatic rings. The number of halogens is 1. The molecular formula is C15H21ClN6O5. The number of rotatable bonds is 10. The van der Waals surface area contributed by atoms with E-state index in [0.29, 0.717) is 31.1 Å². The van der Waals surface area contributed by atoms with Gasteiger partial charge in [0.15, 0.2) is 18.1 Å². The van der Waals surface area contributed by atoms with Crippen molar-refractivity contribution in [3.8, 4) is 11.5 Å². The summed E-state index contributed by atoms with van der Waals surface area (Å²) in [7, 11) is 1.50. The van der Waals surface area contributed by atoms with Gasteiger partial charge in [-0.05, 0) is 28.0 Å². The van der Waals surface area contributed by atoms with Crippen molar-refractivity contribution in [2.45, 2.75) is 6.54 Å². The van der Waals surface area contributed by atoms with Gasteiger partial charge in [-0.15, -0.1) is 12.4 Å². The summed E-state index contributed by atoms with van der Waals surface area (Å²) >= 11 is 0. The Morgan fingerprint density at radius 2 is 2.00 bits per heavy atom. The zero-order chi connectivity index (χ0) is 18.9. The number of nitrogens with two attached hydrogens (primary N) is 2. The summed E-state index contributed by atoms with van der Waals surface area (Å²) in [6.45, 7) is 1.19. The van der Waals surface area contributed by atoms with E-state index in [-0.39, 0.29) is 30.5 Å². The molecule has 0 bridgehead atoms. The second kappa shape index (κ2) is 10.8. The van der Waals surface area contributed by atoms with Crippen LogP contribution in [0, 0.1) is 0 Å². The van der Waals surface area contributed by atoms with E-state index in [1.54, 1.807) is 12.1 Å². The summed E-state index contributed by atoms with van der Waals surface area (Å²) in [6, 6.07) is 5.30. The molecule has 0 saturated heterocycles. The smallest absolute Gasteiger partial charge is 0.277 e. The standard InChI is InChI=1S/C15H20N6O5.ClH/c1-24-11-6-9(2-3-10(11)25-8-12(16)22)7-18-4-5-19-15(23)13-14(17)21-26-20-13;/h2-3,6,18H,4-5,7-8H2,1H3,(H2,16,22)(H2,17,21)(H,19,23);1H. The predicted octanol–water partition coefficient (Wildman–Crippen LogP) is -0.534. The third kappa shape index (κ3) is 6.64. The van der Waals surface area contributed by atoms with Crippen molar-refractivity contribution in [2.24, 2.45) is 5.73 Å². The van der Waals surface area contributed by atoms with Gasteiger partial charge >= 0.3 is 0 Å². The Kier molecular flexibility index (Phi) is 8.82. The summed E-state index contributed by atoms with van der Waals surface area (Å²) < 4.78 is 14.9. The summed E-state index contributed by atoms with van der Waals surface area (Å²) in [5, 5.41) is 12.6. The summed E-state index contributed by atoms with van der Waals surface area (Å²) in [5.41, 5.74) is 11.4. The second-order valence-corrected chi connectivity index (χ2v) is 5.17. The minimum Gasteiger partial charge on any atom is -0.493 e. The minimum absolute atomic E-state index is 0. The Morgan fingerprint density at radius 3 is 2.63 bits per heavy atom. The fraction of sp³-hybridized carbons (Fsp3) is 0.333. The van der Waals surface area contributed by atoms with E-state index in [9.17, 15) is 9.59 Å². The molecule has 27 heavy (non-hydrogen) atoms. The van der Waals surface area contributed by atoms with Crippen LogP contribution in [0.2, 0.25) is 0 Å². The van der Waals surface area contributed by atoms with Gasteiger partial charge in [0.05, 0.1) is 7.11 Å². The fourth-order valence-electron chi connectivity index (χ4n) is 2.02. The molecule has 0 saturated carbocycles. The average molecular weight is 401 g/mol. The summed E-state index contributed by atoms with van der Waals surface area (Å²) in [5.74, 6) is -0.152. The number of carbonyl (C=O) groups is 2. The first-order chi connectivity index (χ1) is 12.5. The van der Waals surface area contributed by atoms with Crippen molar-refractivity contribution in [3.63, 3.8) is 0 Å². The lowest BCUT2D eigenvalue weighted by Crippen LogP contribution is -2.32. The monoisotopic (exact) mass is 400 g/mol. The van der Waals surface area contributed by atoms with Crippen molar-refractivity contribution in [2.75, 3.05) is 32.5 Å². The van der Waals surface area contributed by atoms with Crippen LogP contribution in [0.4, 0.5) is 5.82 Å². The Hall–Kier alpha value is -3.05. The fourth-order valence-corrected chi connectivity index (χ4v) is 2.02. The maximum absolute atomic E-state index is 11.7. The number of hydrogen-bond donors (Lipinski definition) is 4. The maximum Gasteiger partial charge on any atom is 0.277 e. The molecule has 12 heteroatoms. The van der Waals surface area contributed by atoms with Crippen LogP contribution in [-0.2, 0) is 11.3 Å². The third-order valence-electron chi connectivity index (χ3n) is 3.24. The predicted molar refractivity (Wildman–Crippen MR) is 97.7 cm³/mol. The van der Waals surface area contributed by atoms with Gasteiger partial charge in [-0.2, -0.15) is 0 Å². The molecule has 2 amide bonds. The Morgan fingerprint density at radius 1 is 1.22 bits per heavy atom. The number of anilines is 1. The van der Waals surface area contributed by atoms with Crippen LogP contribution < -0.4 is 31.6 Å². The molecule has 2 rings (SSSR count). The molecule has 1 aromatic heterocycles. The normalized spacial score (nSPS) is 9.96. The summed E-state index contributed by atoms with van der Waals surface area (Å²) in [6.07, 6.45) is 0. The van der Waals surface area contributed by atoms with Crippen molar-refractivity contribution in [1.29, 1.82) is 0 Å². The average Bonchev–Trinajstić information content (AvgIpc) is 3.05. The van der Waals surface area contributed by atoms with Crippen LogP contribution >= 0.6 is 12.4 Å². The third-order valence-corrected chi connectivity index (χ3v) is 3.24. The molecule has 0 fully saturated rings. The topological polar surface area (TPSA) is 168 Å². The number of carbonyl (C=O) groups excluding carboxylic acids is 2. The van der Waals surface area contributed by atoms with Crippen LogP contribution in [0.25, 0.3) is 0 Å². The van der Waals surface area contributed by atoms with Crippen molar-refractivity contribution in [3.05, 3.63) is 29.5 Å². The number of primary amides is 1. The number of amides is 2. The molecule has 6 N–H and O–H groups in total. The van der Waals surface area contributed by atoms with Gasteiger partial charge in [0.1, 0.15) is 0 Å². The van der Waals surface area contributed by atoms with Gasteiger partial charge in [0.25, 0.3) is 11.8 Å². The molecule has 1 heterocycles. The molecule has 1 aromatic carbocycles. The number of nitrogen functional groups attached to an aromatic ring is 1. The zero-order valence-corrected chi connectivity index (χ0v) is 15.4. The molecule has 148 valence electrons. The summed E-state index contributed by atoms with van der Waals surface area (Å²) in [4.78, 5) is 22.5. The van der Waals surface area contributed by atoms with Crippen LogP contribution in [-0.4, -0.2) is 48.9 Å². The van der Waals surface area contributed by atoms with Crippen molar-refractivity contribution >= 4 is 30.0 Å². The van der Waals surface area contributed by atoms with Crippen molar-refractivity contribution < 1.29 is 23.7 Å². The van der Waals surface area contributed by atoms with Gasteiger partial charge in [0.2, 0.25) is 11.5 Å². The molecule has 0 spiro atoms. The largest absolute Gasteiger partial charge is 0.493 e. The van der Waals surface area contributed by atoms with Crippen LogP contribution in [0.15, 0.2) is 22.8 Å². The molecule has 11 nitrogen and oxygen atoms in total. The first kappa shape index (κ1) is 22.0. The number of nitrogens with one attached hydrogen (secondary N) is 2. The van der Waals surface area contributed by atoms with Gasteiger partial charge in [-0.25, -0.2) is 4.63 Å². The van der Waals surface area contributed by atoms with Crippen LogP contribution in [0.3, 0.4) is 0 Å². The number of nitrogens with zero attached hydrogens (tertiary/aromatic N) is 2. The molecular weight excluding hydrogens is 380 g/mol. The second-order valence-electron chi connectivity index (χ2n) is 5.17. The Bertz CT molecular complexity index is 769. The van der Waals surface area contributed by atoms with Crippen molar-refractivity contribution in [1.82, 2.24) is 20.9 Å². The Labute approximate surface area is 161 Å². The van der Waals surface area contributed by atoms with E-state index in [1.165, 1.54) is 7.11 Å². The minimum atomic E-state index is -0.567. The van der Waals surface area contributed by atoms with E-state index in [4.69, 9.17) is 20.9 Å². The lowest BCUT2D eigenvalue weighted by Gasteiger charge is -2.12. The molecule has 0 atom stereocenters. The van der Waals surface area contributed by atoms with E-state index >= 15 is 0 Å². The molecule has 0 aliphatic heterocycles. The quantitative estimate of drug-likeness (QED) is 0.383. The highest BCUT2D eigenvalue weighted by molar-refractivity contribution is 5.95.